The Morgan fingerprint density at radius 3 is 2.96 bits per heavy atom. The molecule has 0 radical (unpaired) electrons. The molecule has 0 saturated carbocycles. The fourth-order valence-electron chi connectivity index (χ4n) is 3.32. The standard InChI is InChI=1S/C18H23N3O3S/c1-3-9-19-16(23)12-5-4-6-13(10-12)20-17(24)14-11-25-18(2)8-7-15(22)21(14)18/h4-6,10,14H,3,7-9,11H2,1-2H3,(H,19,23)(H,20,24)/t14-,18-/m0/s1. The van der Waals surface area contributed by atoms with Crippen LogP contribution in [-0.4, -0.2) is 45.8 Å². The van der Waals surface area contributed by atoms with E-state index in [0.717, 1.165) is 12.8 Å². The zero-order valence-electron chi connectivity index (χ0n) is 14.5. The van der Waals surface area contributed by atoms with E-state index in [4.69, 9.17) is 0 Å². The number of hydrogen-bond donors (Lipinski definition) is 2. The monoisotopic (exact) mass is 361 g/mol. The van der Waals surface area contributed by atoms with E-state index in [9.17, 15) is 14.4 Å². The second-order valence-corrected chi connectivity index (χ2v) is 8.09. The van der Waals surface area contributed by atoms with Crippen molar-refractivity contribution in [1.82, 2.24) is 10.2 Å². The van der Waals surface area contributed by atoms with Crippen LogP contribution in [0.25, 0.3) is 0 Å². The third-order valence-electron chi connectivity index (χ3n) is 4.68. The Bertz CT molecular complexity index is 709. The molecule has 0 unspecified atom stereocenters. The summed E-state index contributed by atoms with van der Waals surface area (Å²) < 4.78 is 0. The largest absolute Gasteiger partial charge is 0.352 e. The molecule has 3 amide bonds. The molecule has 2 heterocycles. The lowest BCUT2D eigenvalue weighted by Gasteiger charge is -2.29. The summed E-state index contributed by atoms with van der Waals surface area (Å²) in [5, 5.41) is 5.68. The Balaban J connectivity index is 1.69. The second kappa shape index (κ2) is 7.07. The number of hydrogen-bond acceptors (Lipinski definition) is 4. The van der Waals surface area contributed by atoms with E-state index in [1.807, 2.05) is 13.8 Å². The van der Waals surface area contributed by atoms with Crippen LogP contribution >= 0.6 is 11.8 Å². The van der Waals surface area contributed by atoms with Gasteiger partial charge >= 0.3 is 0 Å². The number of carbonyl (C=O) groups is 3. The van der Waals surface area contributed by atoms with Crippen LogP contribution in [0.1, 0.15) is 43.5 Å². The van der Waals surface area contributed by atoms with Crippen LogP contribution in [0.3, 0.4) is 0 Å². The molecule has 2 aliphatic heterocycles. The van der Waals surface area contributed by atoms with Gasteiger partial charge in [-0.3, -0.25) is 14.4 Å². The van der Waals surface area contributed by atoms with Crippen LogP contribution in [0, 0.1) is 0 Å². The average molecular weight is 361 g/mol. The van der Waals surface area contributed by atoms with Crippen LogP contribution < -0.4 is 10.6 Å². The van der Waals surface area contributed by atoms with Crippen molar-refractivity contribution in [3.8, 4) is 0 Å². The Morgan fingerprint density at radius 1 is 1.40 bits per heavy atom. The molecule has 2 aliphatic rings. The van der Waals surface area contributed by atoms with Crippen LogP contribution in [0.5, 0.6) is 0 Å². The molecule has 0 aliphatic carbocycles. The van der Waals surface area contributed by atoms with E-state index in [-0.39, 0.29) is 22.6 Å². The fourth-order valence-corrected chi connectivity index (χ4v) is 4.75. The summed E-state index contributed by atoms with van der Waals surface area (Å²) in [7, 11) is 0. The topological polar surface area (TPSA) is 78.5 Å². The Hall–Kier alpha value is -2.02. The number of fused-ring (bicyclic) bond motifs is 1. The lowest BCUT2D eigenvalue weighted by Crippen LogP contribution is -2.48. The molecule has 2 fully saturated rings. The summed E-state index contributed by atoms with van der Waals surface area (Å²) in [6.07, 6.45) is 2.15. The molecule has 25 heavy (non-hydrogen) atoms. The number of anilines is 1. The predicted molar refractivity (Wildman–Crippen MR) is 98.4 cm³/mol. The molecule has 2 atom stereocenters. The summed E-state index contributed by atoms with van der Waals surface area (Å²) in [5.41, 5.74) is 1.08. The maximum atomic E-state index is 12.7. The van der Waals surface area contributed by atoms with Gasteiger partial charge < -0.3 is 15.5 Å². The molecule has 7 heteroatoms. The van der Waals surface area contributed by atoms with Crippen LogP contribution in [-0.2, 0) is 9.59 Å². The molecule has 6 nitrogen and oxygen atoms in total. The highest BCUT2D eigenvalue weighted by atomic mass is 32.2. The number of amides is 3. The number of nitrogens with one attached hydrogen (secondary N) is 2. The number of carbonyl (C=O) groups excluding carboxylic acids is 3. The fraction of sp³-hybridized carbons (Fsp3) is 0.500. The zero-order valence-corrected chi connectivity index (χ0v) is 15.3. The lowest BCUT2D eigenvalue weighted by atomic mass is 10.1. The van der Waals surface area contributed by atoms with E-state index in [2.05, 4.69) is 10.6 Å². The Kier molecular flexibility index (Phi) is 5.03. The highest BCUT2D eigenvalue weighted by Gasteiger charge is 2.52. The maximum absolute atomic E-state index is 12.7. The van der Waals surface area contributed by atoms with Crippen molar-refractivity contribution < 1.29 is 14.4 Å². The van der Waals surface area contributed by atoms with Gasteiger partial charge in [0.1, 0.15) is 6.04 Å². The van der Waals surface area contributed by atoms with Gasteiger partial charge in [-0.2, -0.15) is 0 Å². The van der Waals surface area contributed by atoms with Crippen LogP contribution in [0.2, 0.25) is 0 Å². The minimum atomic E-state index is -0.456. The number of benzene rings is 1. The first-order valence-corrected chi connectivity index (χ1v) is 9.58. The molecule has 2 N–H and O–H groups in total. The van der Waals surface area contributed by atoms with Gasteiger partial charge in [0.2, 0.25) is 11.8 Å². The molecule has 0 spiro atoms. The molecule has 134 valence electrons. The van der Waals surface area contributed by atoms with Crippen molar-refractivity contribution in [3.05, 3.63) is 29.8 Å². The van der Waals surface area contributed by atoms with Crippen LogP contribution in [0.4, 0.5) is 5.69 Å². The Morgan fingerprint density at radius 2 is 2.20 bits per heavy atom. The molecule has 3 rings (SSSR count). The molecular weight excluding hydrogens is 338 g/mol. The predicted octanol–water partition coefficient (Wildman–Crippen LogP) is 2.22. The van der Waals surface area contributed by atoms with Crippen molar-refractivity contribution in [3.63, 3.8) is 0 Å². The normalized spacial score (nSPS) is 25.0. The third kappa shape index (κ3) is 3.51. The van der Waals surface area contributed by atoms with Crippen molar-refractivity contribution in [1.29, 1.82) is 0 Å². The van der Waals surface area contributed by atoms with Gasteiger partial charge in [0.15, 0.2) is 0 Å². The highest BCUT2D eigenvalue weighted by Crippen LogP contribution is 2.47. The zero-order chi connectivity index (χ0) is 18.0. The van der Waals surface area contributed by atoms with Crippen molar-refractivity contribution in [2.45, 2.75) is 44.0 Å². The molecule has 1 aromatic rings. The van der Waals surface area contributed by atoms with E-state index in [1.165, 1.54) is 0 Å². The van der Waals surface area contributed by atoms with Gasteiger partial charge in [-0.15, -0.1) is 11.8 Å². The minimum Gasteiger partial charge on any atom is -0.352 e. The summed E-state index contributed by atoms with van der Waals surface area (Å²) in [5.74, 6) is 0.291. The summed E-state index contributed by atoms with van der Waals surface area (Å²) >= 11 is 1.66. The third-order valence-corrected chi connectivity index (χ3v) is 6.18. The minimum absolute atomic E-state index is 0.0420. The summed E-state index contributed by atoms with van der Waals surface area (Å²) in [4.78, 5) is 38.3. The van der Waals surface area contributed by atoms with Gasteiger partial charge in [0, 0.05) is 30.0 Å². The van der Waals surface area contributed by atoms with Gasteiger partial charge in [0.05, 0.1) is 4.87 Å². The smallest absolute Gasteiger partial charge is 0.251 e. The molecule has 0 bridgehead atoms. The number of nitrogens with zero attached hydrogens (tertiary/aromatic N) is 1. The quantitative estimate of drug-likeness (QED) is 0.843. The second-order valence-electron chi connectivity index (χ2n) is 6.59. The molecule has 0 aromatic heterocycles. The highest BCUT2D eigenvalue weighted by molar-refractivity contribution is 8.01. The van der Waals surface area contributed by atoms with Crippen LogP contribution in [0.15, 0.2) is 24.3 Å². The molecular formula is C18H23N3O3S. The van der Waals surface area contributed by atoms with E-state index < -0.39 is 6.04 Å². The molecule has 1 aromatic carbocycles. The van der Waals surface area contributed by atoms with Gasteiger partial charge in [-0.05, 0) is 38.0 Å². The lowest BCUT2D eigenvalue weighted by molar-refractivity contribution is -0.135. The number of thioether (sulfide) groups is 1. The van der Waals surface area contributed by atoms with E-state index in [0.29, 0.717) is 30.0 Å². The summed E-state index contributed by atoms with van der Waals surface area (Å²) in [6, 6.07) is 6.41. The Labute approximate surface area is 151 Å². The van der Waals surface area contributed by atoms with Crippen molar-refractivity contribution >= 4 is 35.2 Å². The van der Waals surface area contributed by atoms with Gasteiger partial charge in [-0.1, -0.05) is 13.0 Å². The van der Waals surface area contributed by atoms with E-state index in [1.54, 1.807) is 40.9 Å². The first kappa shape index (κ1) is 17.8. The first-order valence-electron chi connectivity index (χ1n) is 8.60. The maximum Gasteiger partial charge on any atom is 0.251 e. The first-order chi connectivity index (χ1) is 11.9. The van der Waals surface area contributed by atoms with E-state index >= 15 is 0 Å². The molecule has 2 saturated heterocycles. The van der Waals surface area contributed by atoms with Gasteiger partial charge in [-0.25, -0.2) is 0 Å². The van der Waals surface area contributed by atoms with Crippen molar-refractivity contribution in [2.24, 2.45) is 0 Å². The SMILES string of the molecule is CCCNC(=O)c1cccc(NC(=O)[C@@H]2CS[C@@]3(C)CCC(=O)N23)c1. The average Bonchev–Trinajstić information content (AvgIpc) is 3.09. The van der Waals surface area contributed by atoms with Crippen molar-refractivity contribution in [2.75, 3.05) is 17.6 Å². The number of rotatable bonds is 5. The van der Waals surface area contributed by atoms with Gasteiger partial charge in [0.25, 0.3) is 5.91 Å². The summed E-state index contributed by atoms with van der Waals surface area (Å²) in [6.45, 7) is 4.63.